The topological polar surface area (TPSA) is 125 Å². The molecule has 0 aliphatic rings. The number of anilines is 1. The SMILES string of the molecule is N#CC(=CNc1ccc2ncn(Cc3ccccc3)c(=O)c2c1)c1nn[nH]n1. The maximum absolute atomic E-state index is 12.9. The third-order valence-corrected chi connectivity index (χ3v) is 4.11. The molecule has 2 aromatic heterocycles. The number of H-pyrrole nitrogens is 1. The first kappa shape index (κ1) is 17.1. The largest absolute Gasteiger partial charge is 0.360 e. The molecule has 9 heteroatoms. The number of aromatic nitrogens is 6. The van der Waals surface area contributed by atoms with Gasteiger partial charge in [0.25, 0.3) is 5.56 Å². The summed E-state index contributed by atoms with van der Waals surface area (Å²) in [5.41, 5.74) is 2.33. The summed E-state index contributed by atoms with van der Waals surface area (Å²) in [6, 6.07) is 16.9. The van der Waals surface area contributed by atoms with Crippen LogP contribution < -0.4 is 10.9 Å². The second-order valence-corrected chi connectivity index (χ2v) is 5.94. The molecule has 0 fully saturated rings. The monoisotopic (exact) mass is 370 g/mol. The van der Waals surface area contributed by atoms with Gasteiger partial charge in [-0.2, -0.15) is 10.5 Å². The standard InChI is InChI=1S/C19H14N8O/c20-9-14(18-23-25-26-24-18)10-21-15-6-7-17-16(8-15)19(28)27(12-22-17)11-13-4-2-1-3-5-13/h1-8,10,12,21H,11H2,(H,23,24,25,26). The quantitative estimate of drug-likeness (QED) is 0.514. The number of rotatable bonds is 5. The van der Waals surface area contributed by atoms with Gasteiger partial charge >= 0.3 is 0 Å². The first-order valence-corrected chi connectivity index (χ1v) is 8.38. The van der Waals surface area contributed by atoms with E-state index in [2.05, 4.69) is 30.9 Å². The molecule has 0 radical (unpaired) electrons. The molecule has 28 heavy (non-hydrogen) atoms. The Morgan fingerprint density at radius 2 is 2.11 bits per heavy atom. The molecule has 0 amide bonds. The van der Waals surface area contributed by atoms with Crippen molar-refractivity contribution < 1.29 is 0 Å². The lowest BCUT2D eigenvalue weighted by atomic mass is 10.2. The van der Waals surface area contributed by atoms with Crippen LogP contribution in [0.15, 0.2) is 65.9 Å². The Morgan fingerprint density at radius 3 is 2.86 bits per heavy atom. The van der Waals surface area contributed by atoms with E-state index in [0.29, 0.717) is 23.1 Å². The molecule has 9 nitrogen and oxygen atoms in total. The zero-order valence-corrected chi connectivity index (χ0v) is 14.6. The minimum atomic E-state index is -0.139. The van der Waals surface area contributed by atoms with E-state index in [0.717, 1.165) is 5.56 Å². The second kappa shape index (κ2) is 7.51. The first-order valence-electron chi connectivity index (χ1n) is 8.38. The van der Waals surface area contributed by atoms with Crippen molar-refractivity contribution in [1.82, 2.24) is 30.2 Å². The van der Waals surface area contributed by atoms with Gasteiger partial charge < -0.3 is 5.32 Å². The highest BCUT2D eigenvalue weighted by Crippen LogP contribution is 2.16. The number of nitriles is 1. The average molecular weight is 370 g/mol. The van der Waals surface area contributed by atoms with Crippen LogP contribution in [0.2, 0.25) is 0 Å². The van der Waals surface area contributed by atoms with Crippen molar-refractivity contribution in [1.29, 1.82) is 5.26 Å². The van der Waals surface area contributed by atoms with E-state index in [4.69, 9.17) is 0 Å². The highest BCUT2D eigenvalue weighted by molar-refractivity contribution is 5.82. The lowest BCUT2D eigenvalue weighted by molar-refractivity contribution is 0.748. The predicted octanol–water partition coefficient (Wildman–Crippen LogP) is 1.93. The van der Waals surface area contributed by atoms with Gasteiger partial charge in [0.2, 0.25) is 5.82 Å². The molecule has 2 N–H and O–H groups in total. The number of allylic oxidation sites excluding steroid dienone is 1. The van der Waals surface area contributed by atoms with Crippen LogP contribution in [-0.4, -0.2) is 30.2 Å². The molecule has 4 aromatic rings. The molecule has 0 atom stereocenters. The van der Waals surface area contributed by atoms with Gasteiger partial charge in [0.1, 0.15) is 11.6 Å². The van der Waals surface area contributed by atoms with Gasteiger partial charge in [-0.3, -0.25) is 9.36 Å². The van der Waals surface area contributed by atoms with Crippen molar-refractivity contribution in [2.24, 2.45) is 0 Å². The van der Waals surface area contributed by atoms with Crippen LogP contribution in [0.4, 0.5) is 5.69 Å². The number of tetrazole rings is 1. The highest BCUT2D eigenvalue weighted by Gasteiger charge is 2.08. The zero-order chi connectivity index (χ0) is 19.3. The summed E-state index contributed by atoms with van der Waals surface area (Å²) in [6.07, 6.45) is 3.01. The minimum Gasteiger partial charge on any atom is -0.360 e. The summed E-state index contributed by atoms with van der Waals surface area (Å²) in [5.74, 6) is 0.183. The number of benzene rings is 2. The smallest absolute Gasteiger partial charge is 0.261 e. The molecule has 2 heterocycles. The van der Waals surface area contributed by atoms with E-state index in [1.165, 1.54) is 6.20 Å². The van der Waals surface area contributed by atoms with Gasteiger partial charge in [0.05, 0.1) is 23.8 Å². The van der Waals surface area contributed by atoms with Gasteiger partial charge in [0, 0.05) is 11.9 Å². The fraction of sp³-hybridized carbons (Fsp3) is 0.0526. The summed E-state index contributed by atoms with van der Waals surface area (Å²) in [4.78, 5) is 17.2. The Hall–Kier alpha value is -4.32. The number of nitrogens with one attached hydrogen (secondary N) is 2. The van der Waals surface area contributed by atoms with Crippen molar-refractivity contribution >= 4 is 22.2 Å². The van der Waals surface area contributed by atoms with E-state index >= 15 is 0 Å². The van der Waals surface area contributed by atoms with Crippen LogP contribution in [0, 0.1) is 11.3 Å². The molecule has 0 bridgehead atoms. The molecule has 4 rings (SSSR count). The third-order valence-electron chi connectivity index (χ3n) is 4.11. The lowest BCUT2D eigenvalue weighted by Crippen LogP contribution is -2.21. The van der Waals surface area contributed by atoms with Crippen molar-refractivity contribution in [2.75, 3.05) is 5.32 Å². The predicted molar refractivity (Wildman–Crippen MR) is 103 cm³/mol. The van der Waals surface area contributed by atoms with Crippen LogP contribution in [0.25, 0.3) is 16.5 Å². The molecule has 0 aliphatic carbocycles. The summed E-state index contributed by atoms with van der Waals surface area (Å²) < 4.78 is 1.57. The Morgan fingerprint density at radius 1 is 1.25 bits per heavy atom. The molecule has 0 unspecified atom stereocenters. The number of hydrogen-bond donors (Lipinski definition) is 2. The average Bonchev–Trinajstić information content (AvgIpc) is 3.26. The van der Waals surface area contributed by atoms with E-state index < -0.39 is 0 Å². The van der Waals surface area contributed by atoms with Crippen LogP contribution in [0.1, 0.15) is 11.4 Å². The molecule has 0 saturated heterocycles. The van der Waals surface area contributed by atoms with Crippen LogP contribution in [0.5, 0.6) is 0 Å². The molecule has 0 saturated carbocycles. The normalized spacial score (nSPS) is 11.3. The molecule has 0 spiro atoms. The maximum atomic E-state index is 12.9. The van der Waals surface area contributed by atoms with Crippen molar-refractivity contribution in [3.05, 3.63) is 82.8 Å². The molecular formula is C19H14N8O. The van der Waals surface area contributed by atoms with Gasteiger partial charge in [-0.15, -0.1) is 10.2 Å². The van der Waals surface area contributed by atoms with Gasteiger partial charge in [0.15, 0.2) is 0 Å². The number of aromatic amines is 1. The molecule has 0 aliphatic heterocycles. The maximum Gasteiger partial charge on any atom is 0.261 e. The molecular weight excluding hydrogens is 356 g/mol. The first-order chi connectivity index (χ1) is 13.7. The highest BCUT2D eigenvalue weighted by atomic mass is 16.1. The molecule has 136 valence electrons. The number of fused-ring (bicyclic) bond motifs is 1. The summed E-state index contributed by atoms with van der Waals surface area (Å²) in [6.45, 7) is 0.441. The Balaban J connectivity index is 1.65. The Kier molecular flexibility index (Phi) is 4.59. The second-order valence-electron chi connectivity index (χ2n) is 5.94. The van der Waals surface area contributed by atoms with Crippen LogP contribution in [0.3, 0.4) is 0 Å². The fourth-order valence-electron chi connectivity index (χ4n) is 2.72. The van der Waals surface area contributed by atoms with Gasteiger partial charge in [-0.05, 0) is 29.0 Å². The zero-order valence-electron chi connectivity index (χ0n) is 14.6. The van der Waals surface area contributed by atoms with E-state index in [1.807, 2.05) is 36.4 Å². The Labute approximate surface area is 159 Å². The van der Waals surface area contributed by atoms with E-state index in [-0.39, 0.29) is 17.0 Å². The van der Waals surface area contributed by atoms with Crippen molar-refractivity contribution in [3.63, 3.8) is 0 Å². The third kappa shape index (κ3) is 3.47. The lowest BCUT2D eigenvalue weighted by Gasteiger charge is -2.08. The fourth-order valence-corrected chi connectivity index (χ4v) is 2.72. The minimum absolute atomic E-state index is 0.139. The van der Waals surface area contributed by atoms with Gasteiger partial charge in [-0.1, -0.05) is 30.3 Å². The van der Waals surface area contributed by atoms with Gasteiger partial charge in [-0.25, -0.2) is 4.98 Å². The van der Waals surface area contributed by atoms with Crippen LogP contribution >= 0.6 is 0 Å². The van der Waals surface area contributed by atoms with Crippen LogP contribution in [-0.2, 0) is 6.54 Å². The van der Waals surface area contributed by atoms with E-state index in [9.17, 15) is 10.1 Å². The van der Waals surface area contributed by atoms with E-state index in [1.54, 1.807) is 29.1 Å². The number of nitrogens with zero attached hydrogens (tertiary/aromatic N) is 6. The molecule has 2 aromatic carbocycles. The summed E-state index contributed by atoms with van der Waals surface area (Å²) in [7, 11) is 0. The van der Waals surface area contributed by atoms with Crippen molar-refractivity contribution in [3.8, 4) is 6.07 Å². The summed E-state index contributed by atoms with van der Waals surface area (Å²) in [5, 5.41) is 26.0. The number of hydrogen-bond acceptors (Lipinski definition) is 7. The Bertz CT molecular complexity index is 1240. The summed E-state index contributed by atoms with van der Waals surface area (Å²) >= 11 is 0. The van der Waals surface area contributed by atoms with Crippen molar-refractivity contribution in [2.45, 2.75) is 6.54 Å².